The molecule has 1 fully saturated rings. The van der Waals surface area contributed by atoms with Crippen LogP contribution in [0.1, 0.15) is 18.4 Å². The van der Waals surface area contributed by atoms with Crippen molar-refractivity contribution in [2.75, 3.05) is 24.7 Å². The topological polar surface area (TPSA) is 172 Å². The van der Waals surface area contributed by atoms with E-state index in [0.29, 0.717) is 25.9 Å². The van der Waals surface area contributed by atoms with Gasteiger partial charge < -0.3 is 25.8 Å². The van der Waals surface area contributed by atoms with E-state index in [4.69, 9.17) is 21.0 Å². The quantitative estimate of drug-likeness (QED) is 0.375. The molecule has 5 N–H and O–H groups in total. The van der Waals surface area contributed by atoms with Crippen molar-refractivity contribution in [3.63, 3.8) is 0 Å². The van der Waals surface area contributed by atoms with Crippen LogP contribution in [0, 0.1) is 11.2 Å². The molecule has 0 radical (unpaired) electrons. The number of rotatable bonds is 6. The van der Waals surface area contributed by atoms with Crippen LogP contribution in [-0.4, -0.2) is 65.8 Å². The summed E-state index contributed by atoms with van der Waals surface area (Å²) in [6, 6.07) is 3.35. The van der Waals surface area contributed by atoms with E-state index in [1.165, 1.54) is 17.0 Å². The Labute approximate surface area is 177 Å². The molecule has 0 atom stereocenters. The number of piperidine rings is 1. The van der Waals surface area contributed by atoms with Crippen molar-refractivity contribution in [1.82, 2.24) is 14.9 Å². The van der Waals surface area contributed by atoms with E-state index >= 15 is 0 Å². The average Bonchev–Trinajstić information content (AvgIpc) is 2.69. The van der Waals surface area contributed by atoms with E-state index in [2.05, 4.69) is 15.3 Å². The molecule has 1 amide bonds. The number of anilines is 2. The van der Waals surface area contributed by atoms with Crippen molar-refractivity contribution in [2.45, 2.75) is 23.8 Å². The van der Waals surface area contributed by atoms with Gasteiger partial charge in [0.2, 0.25) is 5.88 Å². The van der Waals surface area contributed by atoms with Gasteiger partial charge in [0.05, 0.1) is 10.6 Å². The molecule has 13 heteroatoms. The molecular weight excluding hydrogens is 431 g/mol. The highest BCUT2D eigenvalue weighted by molar-refractivity contribution is 7.90. The first kappa shape index (κ1) is 22.2. The predicted octanol–water partition coefficient (Wildman–Crippen LogP) is 1.57. The molecule has 1 saturated heterocycles. The van der Waals surface area contributed by atoms with E-state index in [1.807, 2.05) is 0 Å². The van der Waals surface area contributed by atoms with Crippen LogP contribution in [0.2, 0.25) is 0 Å². The molecule has 1 aliphatic heterocycles. The number of sulfone groups is 1. The van der Waals surface area contributed by atoms with Gasteiger partial charge in [0.25, 0.3) is 0 Å². The first-order valence-corrected chi connectivity index (χ1v) is 11.1. The summed E-state index contributed by atoms with van der Waals surface area (Å²) in [6.07, 6.45) is 1.63. The maximum Gasteiger partial charge on any atom is 0.407 e. The molecule has 11 nitrogen and oxygen atoms in total. The van der Waals surface area contributed by atoms with Gasteiger partial charge in [-0.25, -0.2) is 27.6 Å². The molecule has 0 spiro atoms. The number of amides is 1. The van der Waals surface area contributed by atoms with Crippen LogP contribution in [0.5, 0.6) is 5.88 Å². The lowest BCUT2D eigenvalue weighted by Crippen LogP contribution is -2.41. The Bertz CT molecular complexity index is 1120. The normalized spacial score (nSPS) is 14.8. The predicted molar refractivity (Wildman–Crippen MR) is 109 cm³/mol. The summed E-state index contributed by atoms with van der Waals surface area (Å²) in [6.45, 7) is 0.590. The number of hydrogen-bond donors (Lipinski definition) is 4. The molecule has 3 rings (SSSR count). The van der Waals surface area contributed by atoms with E-state index in [0.717, 1.165) is 18.6 Å². The van der Waals surface area contributed by atoms with Crippen molar-refractivity contribution in [2.24, 2.45) is 5.73 Å². The third-order valence-corrected chi connectivity index (χ3v) is 5.80. The number of carbonyl (C=O) groups is 1. The van der Waals surface area contributed by atoms with Gasteiger partial charge in [-0.1, -0.05) is 0 Å². The maximum absolute atomic E-state index is 14.4. The Hall–Kier alpha value is -3.48. The number of nitrogens with one attached hydrogen (secondary N) is 2. The summed E-state index contributed by atoms with van der Waals surface area (Å²) >= 11 is 0. The lowest BCUT2D eigenvalue weighted by Gasteiger charge is -2.30. The number of nitrogen functional groups attached to an aromatic ring is 1. The van der Waals surface area contributed by atoms with E-state index < -0.39 is 27.6 Å². The number of carboxylic acid groups (broad SMARTS) is 1. The number of halogens is 1. The molecule has 1 aromatic carbocycles. The van der Waals surface area contributed by atoms with E-state index in [9.17, 15) is 17.6 Å². The van der Waals surface area contributed by atoms with Crippen molar-refractivity contribution >= 4 is 33.3 Å². The van der Waals surface area contributed by atoms with Crippen LogP contribution in [0.4, 0.5) is 20.7 Å². The molecule has 0 unspecified atom stereocenters. The molecule has 2 heterocycles. The number of nitrogens with zero attached hydrogens (tertiary/aromatic N) is 3. The highest BCUT2D eigenvalue weighted by atomic mass is 32.2. The van der Waals surface area contributed by atoms with Crippen molar-refractivity contribution in [1.29, 1.82) is 5.41 Å². The second-order valence-electron chi connectivity index (χ2n) is 6.94. The number of nitrogens with two attached hydrogens (primary N) is 1. The zero-order valence-corrected chi connectivity index (χ0v) is 17.3. The third kappa shape index (κ3) is 5.17. The standard InChI is InChI=1S/C18H21FN6O5S/c1-31(28,29)11-2-3-13(12(19)8-11)24-16-14(15(20)21)17(23-9-22-16)30-10-4-6-25(7-5-10)18(26)27/h2-3,8-10H,4-7H2,1H3,(H3,20,21)(H,26,27)(H,22,23,24). The number of hydrogen-bond acceptors (Lipinski definition) is 8. The second kappa shape index (κ2) is 8.71. The second-order valence-corrected chi connectivity index (χ2v) is 8.96. The van der Waals surface area contributed by atoms with Gasteiger partial charge in [0, 0.05) is 32.2 Å². The van der Waals surface area contributed by atoms with Gasteiger partial charge in [-0.05, 0) is 18.2 Å². The number of amidine groups is 1. The Morgan fingerprint density at radius 2 is 2.03 bits per heavy atom. The Balaban J connectivity index is 1.84. The minimum Gasteiger partial charge on any atom is -0.474 e. The van der Waals surface area contributed by atoms with Crippen molar-refractivity contribution in [3.8, 4) is 5.88 Å². The van der Waals surface area contributed by atoms with Crippen LogP contribution >= 0.6 is 0 Å². The lowest BCUT2D eigenvalue weighted by atomic mass is 10.1. The van der Waals surface area contributed by atoms with E-state index in [-0.39, 0.29) is 33.9 Å². The summed E-state index contributed by atoms with van der Waals surface area (Å²) in [5.41, 5.74) is 5.61. The number of ether oxygens (including phenoxy) is 1. The first-order chi connectivity index (χ1) is 14.6. The summed E-state index contributed by atoms with van der Waals surface area (Å²) < 4.78 is 43.4. The zero-order chi connectivity index (χ0) is 22.8. The molecule has 0 saturated carbocycles. The molecule has 31 heavy (non-hydrogen) atoms. The van der Waals surface area contributed by atoms with Crippen LogP contribution in [0.3, 0.4) is 0 Å². The summed E-state index contributed by atoms with van der Waals surface area (Å²) in [5.74, 6) is -1.24. The SMILES string of the molecule is CS(=O)(=O)c1ccc(Nc2ncnc(OC3CCN(C(=O)O)CC3)c2C(=N)N)c(F)c1. The van der Waals surface area contributed by atoms with Crippen LogP contribution < -0.4 is 15.8 Å². The highest BCUT2D eigenvalue weighted by Crippen LogP contribution is 2.29. The number of aromatic nitrogens is 2. The molecule has 1 aromatic heterocycles. The fraction of sp³-hybridized carbons (Fsp3) is 0.333. The van der Waals surface area contributed by atoms with Gasteiger partial charge >= 0.3 is 6.09 Å². The minimum absolute atomic E-state index is 0.00600. The summed E-state index contributed by atoms with van der Waals surface area (Å²) in [5, 5.41) is 19.6. The third-order valence-electron chi connectivity index (χ3n) is 4.69. The number of likely N-dealkylation sites (tertiary alicyclic amines) is 1. The Morgan fingerprint density at radius 3 is 2.58 bits per heavy atom. The molecule has 166 valence electrons. The number of benzene rings is 1. The van der Waals surface area contributed by atoms with Crippen molar-refractivity contribution < 1.29 is 27.4 Å². The maximum atomic E-state index is 14.4. The monoisotopic (exact) mass is 452 g/mol. The first-order valence-electron chi connectivity index (χ1n) is 9.17. The molecule has 0 bridgehead atoms. The Kier molecular flexibility index (Phi) is 6.24. The Morgan fingerprint density at radius 1 is 1.35 bits per heavy atom. The fourth-order valence-corrected chi connectivity index (χ4v) is 3.71. The molecule has 1 aliphatic rings. The summed E-state index contributed by atoms with van der Waals surface area (Å²) in [4.78, 5) is 20.2. The zero-order valence-electron chi connectivity index (χ0n) is 16.5. The largest absolute Gasteiger partial charge is 0.474 e. The fourth-order valence-electron chi connectivity index (χ4n) is 3.07. The average molecular weight is 452 g/mol. The van der Waals surface area contributed by atoms with Gasteiger partial charge in [-0.15, -0.1) is 0 Å². The highest BCUT2D eigenvalue weighted by Gasteiger charge is 2.26. The van der Waals surface area contributed by atoms with Gasteiger partial charge in [0.15, 0.2) is 9.84 Å². The summed E-state index contributed by atoms with van der Waals surface area (Å²) in [7, 11) is -3.58. The minimum atomic E-state index is -3.58. The van der Waals surface area contributed by atoms with Crippen LogP contribution in [0.25, 0.3) is 0 Å². The van der Waals surface area contributed by atoms with Crippen LogP contribution in [0.15, 0.2) is 29.4 Å². The van der Waals surface area contributed by atoms with Gasteiger partial charge in [0.1, 0.15) is 35.5 Å². The van der Waals surface area contributed by atoms with E-state index in [1.54, 1.807) is 0 Å². The van der Waals surface area contributed by atoms with Crippen molar-refractivity contribution in [3.05, 3.63) is 35.9 Å². The smallest absolute Gasteiger partial charge is 0.407 e. The van der Waals surface area contributed by atoms with Gasteiger partial charge in [-0.2, -0.15) is 0 Å². The lowest BCUT2D eigenvalue weighted by molar-refractivity contribution is 0.0869. The molecule has 0 aliphatic carbocycles. The van der Waals surface area contributed by atoms with Gasteiger partial charge in [-0.3, -0.25) is 5.41 Å². The molecular formula is C18H21FN6O5S. The molecule has 2 aromatic rings. The van der Waals surface area contributed by atoms with Crippen LogP contribution in [-0.2, 0) is 9.84 Å².